The topological polar surface area (TPSA) is 86.3 Å². The first-order valence-corrected chi connectivity index (χ1v) is 4.67. The lowest BCUT2D eigenvalue weighted by Crippen LogP contribution is -2.37. The van der Waals surface area contributed by atoms with Crippen LogP contribution in [0.25, 0.3) is 0 Å². The van der Waals surface area contributed by atoms with Crippen LogP contribution < -0.4 is 0 Å². The van der Waals surface area contributed by atoms with Crippen molar-refractivity contribution < 1.29 is 14.7 Å². The number of hydrogen-bond donors (Lipinski definition) is 2. The number of aromatic nitrogens is 2. The Labute approximate surface area is 85.9 Å². The van der Waals surface area contributed by atoms with E-state index < -0.39 is 12.4 Å². The molecule has 1 aromatic heterocycles. The maximum Gasteiger partial charge on any atom is 0.312 e. The Morgan fingerprint density at radius 2 is 2.40 bits per heavy atom. The van der Waals surface area contributed by atoms with Crippen LogP contribution in [0.5, 0.6) is 0 Å². The van der Waals surface area contributed by atoms with Crippen molar-refractivity contribution in [2.45, 2.75) is 19.4 Å². The van der Waals surface area contributed by atoms with Gasteiger partial charge in [-0.15, -0.1) is 0 Å². The number of carboxylic acid groups (broad SMARTS) is 1. The Bertz CT molecular complexity index is 399. The zero-order valence-corrected chi connectivity index (χ0v) is 8.06. The predicted molar refractivity (Wildman–Crippen MR) is 50.0 cm³/mol. The fraction of sp³-hybridized carbons (Fsp3) is 0.444. The highest BCUT2D eigenvalue weighted by atomic mass is 16.4. The van der Waals surface area contributed by atoms with Crippen molar-refractivity contribution in [3.05, 3.63) is 17.7 Å². The van der Waals surface area contributed by atoms with Gasteiger partial charge in [0.25, 0.3) is 0 Å². The highest BCUT2D eigenvalue weighted by Gasteiger charge is 2.23. The summed E-state index contributed by atoms with van der Waals surface area (Å²) in [5.41, 5.74) is 1.87. The van der Waals surface area contributed by atoms with Crippen LogP contribution in [0.1, 0.15) is 17.8 Å². The van der Waals surface area contributed by atoms with Crippen LogP contribution in [-0.4, -0.2) is 38.4 Å². The molecule has 80 valence electrons. The summed E-state index contributed by atoms with van der Waals surface area (Å²) in [4.78, 5) is 30.4. The van der Waals surface area contributed by atoms with E-state index in [1.165, 1.54) is 4.90 Å². The molecule has 1 amide bonds. The summed E-state index contributed by atoms with van der Waals surface area (Å²) in [5.74, 6) is -1.43. The van der Waals surface area contributed by atoms with Gasteiger partial charge in [-0.3, -0.25) is 9.59 Å². The zero-order valence-electron chi connectivity index (χ0n) is 8.06. The molecule has 1 aromatic rings. The van der Waals surface area contributed by atoms with Gasteiger partial charge in [0.05, 0.1) is 24.3 Å². The minimum atomic E-state index is -1.09. The molecule has 6 heteroatoms. The van der Waals surface area contributed by atoms with Gasteiger partial charge in [-0.05, 0) is 0 Å². The molecule has 0 aromatic carbocycles. The molecule has 1 aliphatic heterocycles. The Kier molecular flexibility index (Phi) is 2.40. The van der Waals surface area contributed by atoms with Gasteiger partial charge in [-0.1, -0.05) is 0 Å². The van der Waals surface area contributed by atoms with Gasteiger partial charge in [0, 0.05) is 13.0 Å². The SMILES string of the molecule is O=C(O)CC(=O)N1CCc2nc[nH]c2C1. The lowest BCUT2D eigenvalue weighted by Gasteiger charge is -2.25. The average Bonchev–Trinajstić information content (AvgIpc) is 2.62. The molecular formula is C9H11N3O3. The Balaban J connectivity index is 2.03. The maximum absolute atomic E-state index is 11.5. The van der Waals surface area contributed by atoms with E-state index in [1.54, 1.807) is 6.33 Å². The second-order valence-corrected chi connectivity index (χ2v) is 3.46. The highest BCUT2D eigenvalue weighted by Crippen LogP contribution is 2.15. The van der Waals surface area contributed by atoms with Crippen molar-refractivity contribution in [1.82, 2.24) is 14.9 Å². The largest absolute Gasteiger partial charge is 0.481 e. The first-order chi connectivity index (χ1) is 7.16. The van der Waals surface area contributed by atoms with Gasteiger partial charge >= 0.3 is 5.97 Å². The summed E-state index contributed by atoms with van der Waals surface area (Å²) in [6.45, 7) is 0.978. The molecule has 0 saturated heterocycles. The van der Waals surface area contributed by atoms with Crippen LogP contribution in [0.2, 0.25) is 0 Å². The zero-order chi connectivity index (χ0) is 10.8. The molecule has 2 N–H and O–H groups in total. The van der Waals surface area contributed by atoms with E-state index in [1.807, 2.05) is 0 Å². The van der Waals surface area contributed by atoms with Gasteiger partial charge in [-0.25, -0.2) is 4.98 Å². The summed E-state index contributed by atoms with van der Waals surface area (Å²) in [6, 6.07) is 0. The molecule has 0 fully saturated rings. The van der Waals surface area contributed by atoms with E-state index in [-0.39, 0.29) is 5.91 Å². The second-order valence-electron chi connectivity index (χ2n) is 3.46. The average molecular weight is 209 g/mol. The van der Waals surface area contributed by atoms with E-state index in [0.29, 0.717) is 19.5 Å². The van der Waals surface area contributed by atoms with Gasteiger partial charge < -0.3 is 15.0 Å². The monoisotopic (exact) mass is 209 g/mol. The first-order valence-electron chi connectivity index (χ1n) is 4.67. The van der Waals surface area contributed by atoms with E-state index in [0.717, 1.165) is 11.4 Å². The minimum absolute atomic E-state index is 0.345. The standard InChI is InChI=1S/C9H11N3O3/c13-8(3-9(14)15)12-2-1-6-7(4-12)11-5-10-6/h5H,1-4H2,(H,10,11)(H,14,15). The second kappa shape index (κ2) is 3.72. The van der Waals surface area contributed by atoms with E-state index in [9.17, 15) is 9.59 Å². The smallest absolute Gasteiger partial charge is 0.312 e. The fourth-order valence-electron chi connectivity index (χ4n) is 1.67. The summed E-state index contributed by atoms with van der Waals surface area (Å²) >= 11 is 0. The van der Waals surface area contributed by atoms with Crippen LogP contribution in [0.4, 0.5) is 0 Å². The van der Waals surface area contributed by atoms with Crippen molar-refractivity contribution in [2.24, 2.45) is 0 Å². The lowest BCUT2D eigenvalue weighted by molar-refractivity contribution is -0.144. The van der Waals surface area contributed by atoms with Gasteiger partial charge in [0.1, 0.15) is 6.42 Å². The molecule has 2 heterocycles. The molecule has 1 aliphatic rings. The van der Waals surface area contributed by atoms with Crippen molar-refractivity contribution >= 4 is 11.9 Å². The summed E-state index contributed by atoms with van der Waals surface area (Å²) < 4.78 is 0. The van der Waals surface area contributed by atoms with E-state index in [4.69, 9.17) is 5.11 Å². The molecule has 0 bridgehead atoms. The normalized spacial score (nSPS) is 14.8. The summed E-state index contributed by atoms with van der Waals surface area (Å²) in [7, 11) is 0. The third-order valence-corrected chi connectivity index (χ3v) is 2.43. The van der Waals surface area contributed by atoms with Crippen molar-refractivity contribution in [2.75, 3.05) is 6.54 Å². The Morgan fingerprint density at radius 3 is 3.13 bits per heavy atom. The molecule has 2 rings (SSSR count). The Morgan fingerprint density at radius 1 is 1.60 bits per heavy atom. The molecule has 0 spiro atoms. The number of H-pyrrole nitrogens is 1. The van der Waals surface area contributed by atoms with E-state index in [2.05, 4.69) is 9.97 Å². The molecule has 0 radical (unpaired) electrons. The number of hydrogen-bond acceptors (Lipinski definition) is 3. The van der Waals surface area contributed by atoms with Crippen LogP contribution >= 0.6 is 0 Å². The first kappa shape index (κ1) is 9.70. The lowest BCUT2D eigenvalue weighted by atomic mass is 10.1. The highest BCUT2D eigenvalue weighted by molar-refractivity contribution is 5.93. The van der Waals surface area contributed by atoms with Crippen LogP contribution in [0, 0.1) is 0 Å². The van der Waals surface area contributed by atoms with Gasteiger partial charge in [0.2, 0.25) is 5.91 Å². The van der Waals surface area contributed by atoms with Crippen LogP contribution in [-0.2, 0) is 22.6 Å². The van der Waals surface area contributed by atoms with Gasteiger partial charge in [0.15, 0.2) is 0 Å². The number of carbonyl (C=O) groups excluding carboxylic acids is 1. The number of nitrogens with one attached hydrogen (secondary N) is 1. The van der Waals surface area contributed by atoms with Gasteiger partial charge in [-0.2, -0.15) is 0 Å². The number of amides is 1. The van der Waals surface area contributed by atoms with E-state index >= 15 is 0 Å². The number of imidazole rings is 1. The van der Waals surface area contributed by atoms with Crippen molar-refractivity contribution in [1.29, 1.82) is 0 Å². The predicted octanol–water partition coefficient (Wildman–Crippen LogP) is -0.231. The molecular weight excluding hydrogens is 198 g/mol. The number of fused-ring (bicyclic) bond motifs is 1. The molecule has 0 aliphatic carbocycles. The Hall–Kier alpha value is -1.85. The third-order valence-electron chi connectivity index (χ3n) is 2.43. The minimum Gasteiger partial charge on any atom is -0.481 e. The molecule has 0 atom stereocenters. The van der Waals surface area contributed by atoms with Crippen molar-refractivity contribution in [3.63, 3.8) is 0 Å². The maximum atomic E-state index is 11.5. The quantitative estimate of drug-likeness (QED) is 0.659. The number of nitrogens with zero attached hydrogens (tertiary/aromatic N) is 2. The molecule has 15 heavy (non-hydrogen) atoms. The fourth-order valence-corrected chi connectivity index (χ4v) is 1.67. The third kappa shape index (κ3) is 1.98. The number of rotatable bonds is 2. The number of aliphatic carboxylic acids is 1. The summed E-state index contributed by atoms with van der Waals surface area (Å²) in [5, 5.41) is 8.50. The molecule has 6 nitrogen and oxygen atoms in total. The molecule has 0 unspecified atom stereocenters. The van der Waals surface area contributed by atoms with Crippen molar-refractivity contribution in [3.8, 4) is 0 Å². The number of carbonyl (C=O) groups is 2. The van der Waals surface area contributed by atoms with Crippen LogP contribution in [0.15, 0.2) is 6.33 Å². The number of aromatic amines is 1. The molecule has 0 saturated carbocycles. The summed E-state index contributed by atoms with van der Waals surface area (Å²) in [6.07, 6.45) is 1.84. The van der Waals surface area contributed by atoms with Crippen LogP contribution in [0.3, 0.4) is 0 Å². The number of carboxylic acids is 1.